The molecule has 0 aliphatic carbocycles. The van der Waals surface area contributed by atoms with Crippen LogP contribution in [0.4, 0.5) is 5.69 Å². The van der Waals surface area contributed by atoms with E-state index in [2.05, 4.69) is 24.8 Å². The monoisotopic (exact) mass is 260 g/mol. The number of aliphatic hydroxyl groups excluding tert-OH is 1. The average Bonchev–Trinajstić information content (AvgIpc) is 2.42. The molecule has 19 heavy (non-hydrogen) atoms. The van der Waals surface area contributed by atoms with Crippen molar-refractivity contribution in [1.29, 1.82) is 5.26 Å². The number of anilines is 1. The molecule has 0 radical (unpaired) electrons. The fourth-order valence-electron chi connectivity index (χ4n) is 2.21. The highest BCUT2D eigenvalue weighted by Gasteiger charge is 2.23. The maximum atomic E-state index is 10.1. The summed E-state index contributed by atoms with van der Waals surface area (Å²) < 4.78 is 0. The van der Waals surface area contributed by atoms with E-state index in [-0.39, 0.29) is 5.92 Å². The van der Waals surface area contributed by atoms with Crippen molar-refractivity contribution in [3.05, 3.63) is 29.8 Å². The zero-order valence-electron chi connectivity index (χ0n) is 12.3. The maximum Gasteiger partial charge on any atom is 0.0974 e. The molecule has 1 aromatic carbocycles. The standard InChI is InChI=1S/C16H24N2O/c1-5-18(6-2)14-9-7-13(8-10-14)15(11-17)16(19)12(3)4/h7-10,12,15-16,19H,5-6H2,1-4H3. The van der Waals surface area contributed by atoms with Gasteiger partial charge in [0, 0.05) is 18.8 Å². The topological polar surface area (TPSA) is 47.3 Å². The first kappa shape index (κ1) is 15.5. The van der Waals surface area contributed by atoms with Crippen molar-refractivity contribution >= 4 is 5.69 Å². The Hall–Kier alpha value is -1.53. The number of hydrogen-bond donors (Lipinski definition) is 1. The Labute approximate surface area is 116 Å². The van der Waals surface area contributed by atoms with Crippen molar-refractivity contribution in [3.8, 4) is 6.07 Å². The van der Waals surface area contributed by atoms with Gasteiger partial charge in [0.2, 0.25) is 0 Å². The molecular formula is C16H24N2O. The summed E-state index contributed by atoms with van der Waals surface area (Å²) in [6.45, 7) is 10.0. The first-order valence-corrected chi connectivity index (χ1v) is 6.97. The zero-order chi connectivity index (χ0) is 14.4. The molecule has 3 heteroatoms. The predicted octanol–water partition coefficient (Wildman–Crippen LogP) is 3.16. The van der Waals surface area contributed by atoms with Gasteiger partial charge >= 0.3 is 0 Å². The lowest BCUT2D eigenvalue weighted by Crippen LogP contribution is -2.24. The number of hydrogen-bond acceptors (Lipinski definition) is 3. The Balaban J connectivity index is 2.94. The van der Waals surface area contributed by atoms with Gasteiger partial charge in [-0.2, -0.15) is 5.26 Å². The molecule has 0 amide bonds. The summed E-state index contributed by atoms with van der Waals surface area (Å²) >= 11 is 0. The van der Waals surface area contributed by atoms with Gasteiger partial charge in [0.25, 0.3) is 0 Å². The Morgan fingerprint density at radius 3 is 2.05 bits per heavy atom. The molecule has 0 saturated carbocycles. The van der Waals surface area contributed by atoms with Gasteiger partial charge in [-0.05, 0) is 37.5 Å². The van der Waals surface area contributed by atoms with Gasteiger partial charge in [0.15, 0.2) is 0 Å². The Morgan fingerprint density at radius 2 is 1.68 bits per heavy atom. The van der Waals surface area contributed by atoms with E-state index in [4.69, 9.17) is 0 Å². The highest BCUT2D eigenvalue weighted by Crippen LogP contribution is 2.26. The largest absolute Gasteiger partial charge is 0.391 e. The van der Waals surface area contributed by atoms with E-state index in [0.717, 1.165) is 24.3 Å². The summed E-state index contributed by atoms with van der Waals surface area (Å²) in [5, 5.41) is 19.3. The summed E-state index contributed by atoms with van der Waals surface area (Å²) in [6, 6.07) is 10.2. The fourth-order valence-corrected chi connectivity index (χ4v) is 2.21. The predicted molar refractivity (Wildman–Crippen MR) is 79.2 cm³/mol. The molecule has 1 aromatic rings. The van der Waals surface area contributed by atoms with Crippen molar-refractivity contribution in [1.82, 2.24) is 0 Å². The lowest BCUT2D eigenvalue weighted by Gasteiger charge is -2.23. The number of nitriles is 1. The van der Waals surface area contributed by atoms with Gasteiger partial charge in [0.1, 0.15) is 0 Å². The number of nitrogens with zero attached hydrogens (tertiary/aromatic N) is 2. The third kappa shape index (κ3) is 3.71. The maximum absolute atomic E-state index is 10.1. The number of aliphatic hydroxyl groups is 1. The van der Waals surface area contributed by atoms with E-state index in [1.807, 2.05) is 38.1 Å². The van der Waals surface area contributed by atoms with Crippen LogP contribution in [0.5, 0.6) is 0 Å². The molecule has 0 aromatic heterocycles. The summed E-state index contributed by atoms with van der Waals surface area (Å²) in [5.41, 5.74) is 2.05. The molecule has 104 valence electrons. The molecule has 0 fully saturated rings. The molecule has 0 bridgehead atoms. The molecule has 1 rings (SSSR count). The summed E-state index contributed by atoms with van der Waals surface area (Å²) in [4.78, 5) is 2.25. The Kier molecular flexibility index (Phi) is 5.85. The lowest BCUT2D eigenvalue weighted by atomic mass is 9.88. The van der Waals surface area contributed by atoms with E-state index in [1.54, 1.807) is 0 Å². The summed E-state index contributed by atoms with van der Waals surface area (Å²) in [5.74, 6) is -0.377. The normalized spacial score (nSPS) is 13.9. The minimum Gasteiger partial charge on any atom is -0.391 e. The second-order valence-corrected chi connectivity index (χ2v) is 5.11. The van der Waals surface area contributed by atoms with Crippen molar-refractivity contribution < 1.29 is 5.11 Å². The summed E-state index contributed by atoms with van der Waals surface area (Å²) in [6.07, 6.45) is -0.621. The van der Waals surface area contributed by atoms with Gasteiger partial charge < -0.3 is 10.0 Å². The molecular weight excluding hydrogens is 236 g/mol. The molecule has 2 unspecified atom stereocenters. The smallest absolute Gasteiger partial charge is 0.0974 e. The number of rotatable bonds is 6. The van der Waals surface area contributed by atoms with E-state index in [9.17, 15) is 10.4 Å². The van der Waals surface area contributed by atoms with E-state index >= 15 is 0 Å². The van der Waals surface area contributed by atoms with Crippen LogP contribution in [0.25, 0.3) is 0 Å². The van der Waals surface area contributed by atoms with Gasteiger partial charge in [-0.15, -0.1) is 0 Å². The van der Waals surface area contributed by atoms with Crippen LogP contribution in [0.3, 0.4) is 0 Å². The third-order valence-electron chi connectivity index (χ3n) is 3.54. The highest BCUT2D eigenvalue weighted by atomic mass is 16.3. The average molecular weight is 260 g/mol. The third-order valence-corrected chi connectivity index (χ3v) is 3.54. The second-order valence-electron chi connectivity index (χ2n) is 5.11. The minimum absolute atomic E-state index is 0.0760. The van der Waals surface area contributed by atoms with E-state index in [0.29, 0.717) is 0 Å². The molecule has 3 nitrogen and oxygen atoms in total. The van der Waals surface area contributed by atoms with Gasteiger partial charge in [-0.25, -0.2) is 0 Å². The van der Waals surface area contributed by atoms with Gasteiger partial charge in [-0.1, -0.05) is 26.0 Å². The van der Waals surface area contributed by atoms with E-state index in [1.165, 1.54) is 0 Å². The van der Waals surface area contributed by atoms with Crippen LogP contribution < -0.4 is 4.90 Å². The highest BCUT2D eigenvalue weighted by molar-refractivity contribution is 5.48. The first-order chi connectivity index (χ1) is 9.04. The van der Waals surface area contributed by atoms with Crippen LogP contribution in [0.1, 0.15) is 39.2 Å². The fraction of sp³-hybridized carbons (Fsp3) is 0.562. The first-order valence-electron chi connectivity index (χ1n) is 6.97. The molecule has 2 atom stereocenters. The Morgan fingerprint density at radius 1 is 1.16 bits per heavy atom. The van der Waals surface area contributed by atoms with Crippen LogP contribution >= 0.6 is 0 Å². The van der Waals surface area contributed by atoms with Crippen molar-refractivity contribution in [3.63, 3.8) is 0 Å². The van der Waals surface area contributed by atoms with Crippen LogP contribution in [0.2, 0.25) is 0 Å². The minimum atomic E-state index is -0.621. The lowest BCUT2D eigenvalue weighted by molar-refractivity contribution is 0.113. The van der Waals surface area contributed by atoms with Crippen LogP contribution in [-0.2, 0) is 0 Å². The molecule has 0 spiro atoms. The van der Waals surface area contributed by atoms with Gasteiger partial charge in [0.05, 0.1) is 18.1 Å². The van der Waals surface area contributed by atoms with Crippen molar-refractivity contribution in [2.24, 2.45) is 5.92 Å². The quantitative estimate of drug-likeness (QED) is 0.854. The second kappa shape index (κ2) is 7.16. The van der Waals surface area contributed by atoms with Gasteiger partial charge in [-0.3, -0.25) is 0 Å². The summed E-state index contributed by atoms with van der Waals surface area (Å²) in [7, 11) is 0. The molecule has 0 saturated heterocycles. The Bertz CT molecular complexity index is 415. The zero-order valence-corrected chi connectivity index (χ0v) is 12.3. The molecule has 0 aliphatic rings. The van der Waals surface area contributed by atoms with Crippen LogP contribution in [-0.4, -0.2) is 24.3 Å². The molecule has 0 aliphatic heterocycles. The van der Waals surface area contributed by atoms with Crippen molar-refractivity contribution in [2.45, 2.75) is 39.7 Å². The van der Waals surface area contributed by atoms with Crippen molar-refractivity contribution in [2.75, 3.05) is 18.0 Å². The van der Waals surface area contributed by atoms with Crippen LogP contribution in [0.15, 0.2) is 24.3 Å². The van der Waals surface area contributed by atoms with Crippen LogP contribution in [0, 0.1) is 17.2 Å². The number of benzene rings is 1. The SMILES string of the molecule is CCN(CC)c1ccc(C(C#N)C(O)C(C)C)cc1. The molecule has 0 heterocycles. The molecule has 1 N–H and O–H groups in total. The van der Waals surface area contributed by atoms with E-state index < -0.39 is 12.0 Å².